The van der Waals surface area contributed by atoms with Crippen molar-refractivity contribution in [1.82, 2.24) is 0 Å². The first-order chi connectivity index (χ1) is 10.5. The SMILES string of the molecule is CCOc1cc(C=C(C#N)C(N)=C(C#N)C#N)cc(Br)c1O. The second-order valence-electron chi connectivity index (χ2n) is 3.96. The molecule has 0 unspecified atom stereocenters. The lowest BCUT2D eigenvalue weighted by molar-refractivity contribution is 0.317. The second kappa shape index (κ2) is 7.73. The molecule has 0 saturated carbocycles. The summed E-state index contributed by atoms with van der Waals surface area (Å²) in [6.07, 6.45) is 1.40. The van der Waals surface area contributed by atoms with Gasteiger partial charge < -0.3 is 15.6 Å². The monoisotopic (exact) mass is 358 g/mol. The number of allylic oxidation sites excluding steroid dienone is 2. The van der Waals surface area contributed by atoms with Gasteiger partial charge >= 0.3 is 0 Å². The number of halogens is 1. The molecule has 0 aliphatic rings. The van der Waals surface area contributed by atoms with Crippen LogP contribution in [0.25, 0.3) is 6.08 Å². The van der Waals surface area contributed by atoms with E-state index in [-0.39, 0.29) is 28.3 Å². The van der Waals surface area contributed by atoms with Crippen molar-refractivity contribution in [1.29, 1.82) is 15.8 Å². The summed E-state index contributed by atoms with van der Waals surface area (Å²) in [6, 6.07) is 8.18. The highest BCUT2D eigenvalue weighted by Gasteiger charge is 2.11. The molecular weight excluding hydrogens is 348 g/mol. The van der Waals surface area contributed by atoms with Gasteiger partial charge in [0.05, 0.1) is 22.3 Å². The van der Waals surface area contributed by atoms with Crippen LogP contribution in [0, 0.1) is 34.0 Å². The molecule has 3 N–H and O–H groups in total. The molecule has 7 heteroatoms. The Hall–Kier alpha value is -2.95. The van der Waals surface area contributed by atoms with Crippen LogP contribution in [0.4, 0.5) is 0 Å². The van der Waals surface area contributed by atoms with Gasteiger partial charge in [-0.3, -0.25) is 0 Å². The minimum absolute atomic E-state index is 0.0295. The van der Waals surface area contributed by atoms with Crippen LogP contribution in [-0.2, 0) is 0 Å². The Morgan fingerprint density at radius 2 is 1.95 bits per heavy atom. The molecule has 0 spiro atoms. The predicted molar refractivity (Wildman–Crippen MR) is 83.0 cm³/mol. The lowest BCUT2D eigenvalue weighted by atomic mass is 10.1. The highest BCUT2D eigenvalue weighted by Crippen LogP contribution is 2.36. The van der Waals surface area contributed by atoms with E-state index in [9.17, 15) is 5.11 Å². The van der Waals surface area contributed by atoms with E-state index in [1.54, 1.807) is 25.1 Å². The third-order valence-corrected chi connectivity index (χ3v) is 3.17. The number of rotatable bonds is 4. The highest BCUT2D eigenvalue weighted by atomic mass is 79.9. The van der Waals surface area contributed by atoms with Crippen molar-refractivity contribution in [3.8, 4) is 29.7 Å². The van der Waals surface area contributed by atoms with Crippen LogP contribution in [0.2, 0.25) is 0 Å². The number of benzene rings is 1. The molecular formula is C15H11BrN4O2. The van der Waals surface area contributed by atoms with Gasteiger partial charge in [-0.05, 0) is 46.6 Å². The number of aromatic hydroxyl groups is 1. The van der Waals surface area contributed by atoms with Crippen molar-refractivity contribution in [2.45, 2.75) is 6.92 Å². The summed E-state index contributed by atoms with van der Waals surface area (Å²) in [5.74, 6) is 0.180. The Labute approximate surface area is 136 Å². The van der Waals surface area contributed by atoms with Gasteiger partial charge in [-0.15, -0.1) is 0 Å². The maximum absolute atomic E-state index is 9.84. The van der Waals surface area contributed by atoms with Gasteiger partial charge in [0.25, 0.3) is 0 Å². The van der Waals surface area contributed by atoms with Gasteiger partial charge in [-0.1, -0.05) is 0 Å². The molecule has 0 atom stereocenters. The van der Waals surface area contributed by atoms with Crippen LogP contribution in [0.3, 0.4) is 0 Å². The van der Waals surface area contributed by atoms with Gasteiger partial charge in [0.15, 0.2) is 17.1 Å². The number of nitrogens with two attached hydrogens (primary N) is 1. The number of ether oxygens (including phenoxy) is 1. The quantitative estimate of drug-likeness (QED) is 0.629. The summed E-state index contributed by atoms with van der Waals surface area (Å²) in [7, 11) is 0. The van der Waals surface area contributed by atoms with E-state index in [1.807, 2.05) is 6.07 Å². The summed E-state index contributed by atoms with van der Waals surface area (Å²) in [5, 5.41) is 36.6. The van der Waals surface area contributed by atoms with Crippen LogP contribution >= 0.6 is 15.9 Å². The molecule has 0 fully saturated rings. The summed E-state index contributed by atoms with van der Waals surface area (Å²) < 4.78 is 5.66. The van der Waals surface area contributed by atoms with Crippen molar-refractivity contribution in [3.63, 3.8) is 0 Å². The van der Waals surface area contributed by atoms with E-state index in [0.29, 0.717) is 16.6 Å². The maximum Gasteiger partial charge on any atom is 0.172 e. The first kappa shape index (κ1) is 17.1. The predicted octanol–water partition coefficient (Wildman–Crippen LogP) is 2.72. The molecule has 0 heterocycles. The molecule has 0 saturated heterocycles. The van der Waals surface area contributed by atoms with Gasteiger partial charge in [-0.25, -0.2) is 0 Å². The lowest BCUT2D eigenvalue weighted by Crippen LogP contribution is -2.03. The van der Waals surface area contributed by atoms with E-state index in [1.165, 1.54) is 12.1 Å². The number of phenolic OH excluding ortho intramolecular Hbond substituents is 1. The smallest absolute Gasteiger partial charge is 0.172 e. The summed E-state index contributed by atoms with van der Waals surface area (Å²) in [5.41, 5.74) is 5.61. The third-order valence-electron chi connectivity index (χ3n) is 2.57. The first-order valence-electron chi connectivity index (χ1n) is 6.05. The van der Waals surface area contributed by atoms with Crippen molar-refractivity contribution < 1.29 is 9.84 Å². The minimum atomic E-state index is -0.337. The largest absolute Gasteiger partial charge is 0.503 e. The molecule has 0 aliphatic heterocycles. The molecule has 110 valence electrons. The first-order valence-corrected chi connectivity index (χ1v) is 6.85. The standard InChI is InChI=1S/C15H11BrN4O2/c1-2-22-13-5-9(4-12(16)15(13)21)3-10(6-17)14(20)11(7-18)8-19/h3-5,21H,2,20H2,1H3. The van der Waals surface area contributed by atoms with Gasteiger partial charge in [-0.2, -0.15) is 15.8 Å². The molecule has 0 aliphatic carbocycles. The topological polar surface area (TPSA) is 127 Å². The number of nitrogens with zero attached hydrogens (tertiary/aromatic N) is 3. The molecule has 0 radical (unpaired) electrons. The molecule has 6 nitrogen and oxygen atoms in total. The fourth-order valence-electron chi connectivity index (χ4n) is 1.56. The average Bonchev–Trinajstić information content (AvgIpc) is 2.50. The molecule has 0 amide bonds. The van der Waals surface area contributed by atoms with Crippen LogP contribution in [-0.4, -0.2) is 11.7 Å². The van der Waals surface area contributed by atoms with Gasteiger partial charge in [0.2, 0.25) is 0 Å². The fourth-order valence-corrected chi connectivity index (χ4v) is 2.02. The van der Waals surface area contributed by atoms with E-state index in [4.69, 9.17) is 26.3 Å². The Morgan fingerprint density at radius 1 is 1.32 bits per heavy atom. The Morgan fingerprint density at radius 3 is 2.45 bits per heavy atom. The van der Waals surface area contributed by atoms with Crippen molar-refractivity contribution >= 4 is 22.0 Å². The molecule has 1 rings (SSSR count). The van der Waals surface area contributed by atoms with Gasteiger partial charge in [0.1, 0.15) is 18.2 Å². The summed E-state index contributed by atoms with van der Waals surface area (Å²) >= 11 is 3.18. The van der Waals surface area contributed by atoms with Crippen molar-refractivity contribution in [2.75, 3.05) is 6.61 Å². The summed E-state index contributed by atoms with van der Waals surface area (Å²) in [6.45, 7) is 2.12. The number of hydrogen-bond acceptors (Lipinski definition) is 6. The van der Waals surface area contributed by atoms with Crippen LogP contribution in [0.15, 0.2) is 33.4 Å². The van der Waals surface area contributed by atoms with Crippen molar-refractivity contribution in [3.05, 3.63) is 39.0 Å². The van der Waals surface area contributed by atoms with Crippen LogP contribution in [0.5, 0.6) is 11.5 Å². The van der Waals surface area contributed by atoms with E-state index >= 15 is 0 Å². The zero-order valence-electron chi connectivity index (χ0n) is 11.6. The Kier molecular flexibility index (Phi) is 6.01. The number of phenols is 1. The summed E-state index contributed by atoms with van der Waals surface area (Å²) in [4.78, 5) is 0. The van der Waals surface area contributed by atoms with Crippen LogP contribution in [0.1, 0.15) is 12.5 Å². The highest BCUT2D eigenvalue weighted by molar-refractivity contribution is 9.10. The van der Waals surface area contributed by atoms with Crippen LogP contribution < -0.4 is 10.5 Å². The molecule has 1 aromatic carbocycles. The second-order valence-corrected chi connectivity index (χ2v) is 4.82. The average molecular weight is 359 g/mol. The molecule has 22 heavy (non-hydrogen) atoms. The molecule has 0 bridgehead atoms. The van der Waals surface area contributed by atoms with E-state index in [0.717, 1.165) is 0 Å². The van der Waals surface area contributed by atoms with Crippen molar-refractivity contribution in [2.24, 2.45) is 5.73 Å². The van der Waals surface area contributed by atoms with E-state index in [2.05, 4.69) is 15.9 Å². The number of hydrogen-bond donors (Lipinski definition) is 2. The normalized spacial score (nSPS) is 10.0. The zero-order valence-corrected chi connectivity index (χ0v) is 13.2. The Balaban J connectivity index is 3.44. The maximum atomic E-state index is 9.84. The van der Waals surface area contributed by atoms with E-state index < -0.39 is 0 Å². The Bertz CT molecular complexity index is 760. The molecule has 0 aromatic heterocycles. The fraction of sp³-hybridized carbons (Fsp3) is 0.133. The molecule has 1 aromatic rings. The number of nitriles is 3. The lowest BCUT2D eigenvalue weighted by Gasteiger charge is -2.09. The zero-order chi connectivity index (χ0) is 16.7. The third kappa shape index (κ3) is 3.79. The van der Waals surface area contributed by atoms with Gasteiger partial charge in [0, 0.05) is 0 Å². The minimum Gasteiger partial charge on any atom is -0.503 e.